The lowest BCUT2D eigenvalue weighted by Crippen LogP contribution is -2.40. The zero-order chi connectivity index (χ0) is 22.6. The number of ether oxygens (including phenoxy) is 2. The van der Waals surface area contributed by atoms with Crippen molar-refractivity contribution in [3.05, 3.63) is 59.2 Å². The largest absolute Gasteiger partial charge is 0.452 e. The fraction of sp³-hybridized carbons (Fsp3) is 0.300. The standard InChI is InChI=1S/C20H20F2N2O6S/c1-13-2-3-14(10-18(13)31(27,28)24-6-8-29-9-7-24)20(26)30-12-19(25)23-17-5-4-15(21)11-16(17)22/h2-5,10-11H,6-9,12H2,1H3,(H,23,25). The van der Waals surface area contributed by atoms with Crippen LogP contribution >= 0.6 is 0 Å². The lowest BCUT2D eigenvalue weighted by molar-refractivity contribution is -0.119. The molecule has 0 unspecified atom stereocenters. The van der Waals surface area contributed by atoms with E-state index in [1.807, 2.05) is 0 Å². The second kappa shape index (κ2) is 9.50. The van der Waals surface area contributed by atoms with Crippen LogP contribution in [0.15, 0.2) is 41.3 Å². The molecule has 1 aliphatic rings. The van der Waals surface area contributed by atoms with Crippen LogP contribution in [-0.4, -0.2) is 57.5 Å². The van der Waals surface area contributed by atoms with Crippen LogP contribution in [0.1, 0.15) is 15.9 Å². The van der Waals surface area contributed by atoms with Gasteiger partial charge in [-0.15, -0.1) is 0 Å². The summed E-state index contributed by atoms with van der Waals surface area (Å²) in [6.07, 6.45) is 0. The molecule has 0 aromatic heterocycles. The second-order valence-corrected chi connectivity index (χ2v) is 8.65. The Balaban J connectivity index is 1.68. The number of esters is 1. The minimum atomic E-state index is -3.84. The molecule has 0 aliphatic carbocycles. The van der Waals surface area contributed by atoms with E-state index >= 15 is 0 Å². The third-order valence-electron chi connectivity index (χ3n) is 4.55. The van der Waals surface area contributed by atoms with E-state index < -0.39 is 40.1 Å². The van der Waals surface area contributed by atoms with Gasteiger partial charge >= 0.3 is 5.97 Å². The molecule has 0 saturated carbocycles. The van der Waals surface area contributed by atoms with Gasteiger partial charge in [-0.25, -0.2) is 22.0 Å². The van der Waals surface area contributed by atoms with Crippen LogP contribution in [0.2, 0.25) is 0 Å². The van der Waals surface area contributed by atoms with Crippen LogP contribution in [0.5, 0.6) is 0 Å². The van der Waals surface area contributed by atoms with Gasteiger partial charge in [-0.3, -0.25) is 4.79 Å². The average Bonchev–Trinajstić information content (AvgIpc) is 2.75. The number of benzene rings is 2. The number of amides is 1. The first kappa shape index (κ1) is 22.8. The summed E-state index contributed by atoms with van der Waals surface area (Å²) < 4.78 is 63.7. The van der Waals surface area contributed by atoms with Crippen LogP contribution in [0.3, 0.4) is 0 Å². The maximum Gasteiger partial charge on any atom is 0.338 e. The zero-order valence-electron chi connectivity index (χ0n) is 16.6. The predicted octanol–water partition coefficient (Wildman–Crippen LogP) is 2.09. The maximum absolute atomic E-state index is 13.6. The molecule has 8 nitrogen and oxygen atoms in total. The number of morpholine rings is 1. The summed E-state index contributed by atoms with van der Waals surface area (Å²) in [5, 5.41) is 2.16. The van der Waals surface area contributed by atoms with Crippen molar-refractivity contribution < 1.29 is 36.3 Å². The summed E-state index contributed by atoms with van der Waals surface area (Å²) in [6.45, 7) is 1.84. The molecule has 0 radical (unpaired) electrons. The van der Waals surface area contributed by atoms with Crippen LogP contribution in [0.4, 0.5) is 14.5 Å². The first-order chi connectivity index (χ1) is 14.7. The van der Waals surface area contributed by atoms with Crippen molar-refractivity contribution in [2.45, 2.75) is 11.8 Å². The van der Waals surface area contributed by atoms with Crippen molar-refractivity contribution in [3.8, 4) is 0 Å². The van der Waals surface area contributed by atoms with Crippen LogP contribution in [-0.2, 0) is 24.3 Å². The van der Waals surface area contributed by atoms with E-state index in [0.717, 1.165) is 12.1 Å². The average molecular weight is 454 g/mol. The molecule has 1 N–H and O–H groups in total. The number of carbonyl (C=O) groups is 2. The van der Waals surface area contributed by atoms with Crippen LogP contribution in [0.25, 0.3) is 0 Å². The number of carbonyl (C=O) groups excluding carboxylic acids is 2. The van der Waals surface area contributed by atoms with E-state index in [1.165, 1.54) is 22.5 Å². The Kier molecular flexibility index (Phi) is 6.98. The van der Waals surface area contributed by atoms with Gasteiger partial charge in [-0.2, -0.15) is 4.31 Å². The van der Waals surface area contributed by atoms with Crippen molar-refractivity contribution in [2.75, 3.05) is 38.2 Å². The van der Waals surface area contributed by atoms with Gasteiger partial charge < -0.3 is 14.8 Å². The molecular weight excluding hydrogens is 434 g/mol. The molecule has 0 atom stereocenters. The summed E-state index contributed by atoms with van der Waals surface area (Å²) in [6, 6.07) is 6.65. The van der Waals surface area contributed by atoms with E-state index in [4.69, 9.17) is 9.47 Å². The molecular formula is C20H20F2N2O6S. The number of hydrogen-bond donors (Lipinski definition) is 1. The van der Waals surface area contributed by atoms with E-state index in [0.29, 0.717) is 11.6 Å². The molecule has 166 valence electrons. The highest BCUT2D eigenvalue weighted by atomic mass is 32.2. The first-order valence-electron chi connectivity index (χ1n) is 9.29. The zero-order valence-corrected chi connectivity index (χ0v) is 17.4. The van der Waals surface area contributed by atoms with E-state index in [2.05, 4.69) is 5.32 Å². The minimum Gasteiger partial charge on any atom is -0.452 e. The molecule has 11 heteroatoms. The van der Waals surface area contributed by atoms with Crippen LogP contribution in [0, 0.1) is 18.6 Å². The summed E-state index contributed by atoms with van der Waals surface area (Å²) in [4.78, 5) is 24.2. The number of hydrogen-bond acceptors (Lipinski definition) is 6. The Morgan fingerprint density at radius 2 is 1.84 bits per heavy atom. The second-order valence-electron chi connectivity index (χ2n) is 6.75. The third kappa shape index (κ3) is 5.43. The molecule has 1 aliphatic heterocycles. The molecule has 1 amide bonds. The topological polar surface area (TPSA) is 102 Å². The van der Waals surface area contributed by atoms with Gasteiger partial charge in [0.15, 0.2) is 6.61 Å². The lowest BCUT2D eigenvalue weighted by atomic mass is 10.1. The monoisotopic (exact) mass is 454 g/mol. The van der Waals surface area contributed by atoms with Crippen molar-refractivity contribution >= 4 is 27.6 Å². The maximum atomic E-state index is 13.6. The van der Waals surface area contributed by atoms with Gasteiger partial charge in [0.1, 0.15) is 11.6 Å². The van der Waals surface area contributed by atoms with Crippen molar-refractivity contribution in [1.82, 2.24) is 4.31 Å². The van der Waals surface area contributed by atoms with Gasteiger partial charge in [-0.1, -0.05) is 6.07 Å². The smallest absolute Gasteiger partial charge is 0.338 e. The Hall–Kier alpha value is -2.89. The Morgan fingerprint density at radius 1 is 1.13 bits per heavy atom. The molecule has 31 heavy (non-hydrogen) atoms. The molecule has 2 aromatic rings. The van der Waals surface area contributed by atoms with Gasteiger partial charge in [-0.05, 0) is 36.8 Å². The highest BCUT2D eigenvalue weighted by Crippen LogP contribution is 2.23. The molecule has 3 rings (SSSR count). The molecule has 1 saturated heterocycles. The third-order valence-corrected chi connectivity index (χ3v) is 6.59. The molecule has 1 heterocycles. The molecule has 2 aromatic carbocycles. The predicted molar refractivity (Wildman–Crippen MR) is 106 cm³/mol. The van der Waals surface area contributed by atoms with Crippen molar-refractivity contribution in [3.63, 3.8) is 0 Å². The Labute approximate surface area is 177 Å². The highest BCUT2D eigenvalue weighted by molar-refractivity contribution is 7.89. The van der Waals surface area contributed by atoms with Gasteiger partial charge in [0.25, 0.3) is 5.91 Å². The molecule has 0 spiro atoms. The van der Waals surface area contributed by atoms with Crippen LogP contribution < -0.4 is 5.32 Å². The summed E-state index contributed by atoms with van der Waals surface area (Å²) in [7, 11) is -3.84. The Bertz CT molecular complexity index is 1100. The number of halogens is 2. The van der Waals surface area contributed by atoms with Crippen molar-refractivity contribution in [2.24, 2.45) is 0 Å². The summed E-state index contributed by atoms with van der Waals surface area (Å²) in [5.41, 5.74) is 0.127. The normalized spacial score (nSPS) is 14.8. The fourth-order valence-corrected chi connectivity index (χ4v) is 4.58. The number of anilines is 1. The van der Waals surface area contributed by atoms with E-state index in [-0.39, 0.29) is 42.4 Å². The van der Waals surface area contributed by atoms with Gasteiger partial charge in [0.05, 0.1) is 29.4 Å². The van der Waals surface area contributed by atoms with Gasteiger partial charge in [0, 0.05) is 19.2 Å². The number of aryl methyl sites for hydroxylation is 1. The minimum absolute atomic E-state index is 0.0401. The van der Waals surface area contributed by atoms with E-state index in [9.17, 15) is 26.8 Å². The number of nitrogens with one attached hydrogen (secondary N) is 1. The Morgan fingerprint density at radius 3 is 2.52 bits per heavy atom. The SMILES string of the molecule is Cc1ccc(C(=O)OCC(=O)Nc2ccc(F)cc2F)cc1S(=O)(=O)N1CCOCC1. The van der Waals surface area contributed by atoms with Gasteiger partial charge in [0.2, 0.25) is 10.0 Å². The lowest BCUT2D eigenvalue weighted by Gasteiger charge is -2.26. The fourth-order valence-electron chi connectivity index (χ4n) is 2.92. The molecule has 0 bridgehead atoms. The number of nitrogens with zero attached hydrogens (tertiary/aromatic N) is 1. The summed E-state index contributed by atoms with van der Waals surface area (Å²) >= 11 is 0. The summed E-state index contributed by atoms with van der Waals surface area (Å²) in [5.74, 6) is -3.54. The molecule has 1 fully saturated rings. The highest BCUT2D eigenvalue weighted by Gasteiger charge is 2.28. The number of sulfonamides is 1. The first-order valence-corrected chi connectivity index (χ1v) is 10.7. The quantitative estimate of drug-likeness (QED) is 0.671. The van der Waals surface area contributed by atoms with Crippen molar-refractivity contribution in [1.29, 1.82) is 0 Å². The number of rotatable bonds is 6. The van der Waals surface area contributed by atoms with E-state index in [1.54, 1.807) is 6.92 Å².